The van der Waals surface area contributed by atoms with Gasteiger partial charge in [0.2, 0.25) is 5.91 Å². The minimum absolute atomic E-state index is 0.211. The minimum Gasteiger partial charge on any atom is -0.394 e. The molecule has 0 radical (unpaired) electrons. The van der Waals surface area contributed by atoms with Gasteiger partial charge in [0.25, 0.3) is 0 Å². The molecule has 0 spiro atoms. The van der Waals surface area contributed by atoms with Crippen LogP contribution in [0.15, 0.2) is 48.6 Å². The highest BCUT2D eigenvalue weighted by Crippen LogP contribution is 2.33. The van der Waals surface area contributed by atoms with E-state index in [1.165, 1.54) is 6.42 Å². The van der Waals surface area contributed by atoms with E-state index in [0.717, 1.165) is 70.6 Å². The maximum Gasteiger partial charge on any atom is 0.220 e. The number of unbranched alkanes of at least 4 members (excludes halogenated alkanes) is 8. The number of rotatable bonds is 32. The molecular formula is C48H83NO18. The summed E-state index contributed by atoms with van der Waals surface area (Å²) in [5.74, 6) is -0.292. The normalized spacial score (nSPS) is 33.9. The van der Waals surface area contributed by atoms with Gasteiger partial charge in [0.1, 0.15) is 73.2 Å². The van der Waals surface area contributed by atoms with Gasteiger partial charge in [-0.25, -0.2) is 0 Å². The number of nitrogens with one attached hydrogen (secondary N) is 1. The van der Waals surface area contributed by atoms with E-state index in [2.05, 4.69) is 67.8 Å². The number of hydrogen-bond donors (Lipinski definition) is 12. The summed E-state index contributed by atoms with van der Waals surface area (Å²) >= 11 is 0. The van der Waals surface area contributed by atoms with E-state index < -0.39 is 124 Å². The van der Waals surface area contributed by atoms with Crippen LogP contribution in [0.5, 0.6) is 0 Å². The number of aliphatic hydroxyl groups is 11. The lowest BCUT2D eigenvalue weighted by Crippen LogP contribution is -2.66. The molecule has 0 aromatic heterocycles. The Bertz CT molecular complexity index is 1430. The highest BCUT2D eigenvalue weighted by molar-refractivity contribution is 5.76. The highest BCUT2D eigenvalue weighted by atomic mass is 16.8. The van der Waals surface area contributed by atoms with Crippen molar-refractivity contribution >= 4 is 5.91 Å². The predicted molar refractivity (Wildman–Crippen MR) is 245 cm³/mol. The average molecular weight is 962 g/mol. The van der Waals surface area contributed by atoms with Crippen LogP contribution in [0.2, 0.25) is 0 Å². The Morgan fingerprint density at radius 2 is 1.03 bits per heavy atom. The lowest BCUT2D eigenvalue weighted by Gasteiger charge is -2.48. The van der Waals surface area contributed by atoms with Crippen molar-refractivity contribution in [1.82, 2.24) is 5.32 Å². The number of ether oxygens (including phenoxy) is 6. The molecule has 17 unspecified atom stereocenters. The van der Waals surface area contributed by atoms with Crippen molar-refractivity contribution in [1.29, 1.82) is 0 Å². The molecule has 3 rings (SSSR count). The van der Waals surface area contributed by atoms with E-state index in [4.69, 9.17) is 28.4 Å². The minimum atomic E-state index is -1.97. The molecule has 67 heavy (non-hydrogen) atoms. The van der Waals surface area contributed by atoms with Crippen molar-refractivity contribution < 1.29 is 89.4 Å². The first-order valence-corrected chi connectivity index (χ1v) is 24.4. The standard InChI is InChI=1S/C48H83NO18/c1-3-5-7-9-11-12-13-14-15-16-17-18-20-22-24-26-36(54)49-31(32(53)25-23-21-19-10-8-6-4-2)30-62-46-42(60)39(57)44(34(28-51)64-46)67-48-43(61)40(58)45(35(29-52)65-48)66-47-41(59)38(56)37(55)33(27-50)63-47/h5,7,11-12,14-15,17-18,31-35,37-48,50-53,55-61H,3-4,6,8-10,13,16,19-30H2,1-2H3,(H,49,54)/b7-5-,12-11-,15-14-,18-17-. The molecule has 0 aliphatic carbocycles. The number of allylic oxidation sites excluding steroid dienone is 8. The summed E-state index contributed by atoms with van der Waals surface area (Å²) in [4.78, 5) is 13.1. The Balaban J connectivity index is 1.56. The Morgan fingerprint density at radius 1 is 0.552 bits per heavy atom. The summed E-state index contributed by atoms with van der Waals surface area (Å²) in [6, 6.07) is -0.905. The molecule has 3 heterocycles. The van der Waals surface area contributed by atoms with Gasteiger partial charge in [-0.1, -0.05) is 107 Å². The molecule has 3 saturated heterocycles. The Labute approximate surface area is 395 Å². The fraction of sp³-hybridized carbons (Fsp3) is 0.812. The summed E-state index contributed by atoms with van der Waals surface area (Å²) in [5, 5.41) is 119. The first-order valence-electron chi connectivity index (χ1n) is 24.4. The molecule has 12 N–H and O–H groups in total. The maximum absolute atomic E-state index is 13.1. The van der Waals surface area contributed by atoms with Crippen LogP contribution >= 0.6 is 0 Å². The van der Waals surface area contributed by atoms with Crippen LogP contribution in [0.3, 0.4) is 0 Å². The topological polar surface area (TPSA) is 307 Å². The highest BCUT2D eigenvalue weighted by Gasteiger charge is 2.53. The quantitative estimate of drug-likeness (QED) is 0.0328. The molecule has 19 heteroatoms. The zero-order valence-electron chi connectivity index (χ0n) is 39.4. The monoisotopic (exact) mass is 962 g/mol. The van der Waals surface area contributed by atoms with Gasteiger partial charge in [0.15, 0.2) is 18.9 Å². The Morgan fingerprint density at radius 3 is 1.58 bits per heavy atom. The summed E-state index contributed by atoms with van der Waals surface area (Å²) in [6.07, 6.45) is 4.09. The molecule has 1 amide bonds. The average Bonchev–Trinajstić information content (AvgIpc) is 3.32. The van der Waals surface area contributed by atoms with E-state index in [-0.39, 0.29) is 18.9 Å². The van der Waals surface area contributed by atoms with Crippen LogP contribution in [0.25, 0.3) is 0 Å². The molecule has 0 aromatic carbocycles. The third-order valence-corrected chi connectivity index (χ3v) is 12.2. The van der Waals surface area contributed by atoms with Crippen molar-refractivity contribution in [3.63, 3.8) is 0 Å². The fourth-order valence-corrected chi connectivity index (χ4v) is 8.06. The second-order valence-electron chi connectivity index (χ2n) is 17.5. The van der Waals surface area contributed by atoms with Gasteiger partial charge in [0, 0.05) is 6.42 Å². The van der Waals surface area contributed by atoms with E-state index in [0.29, 0.717) is 19.3 Å². The molecule has 0 aromatic rings. The third kappa shape index (κ3) is 19.8. The van der Waals surface area contributed by atoms with Gasteiger partial charge in [-0.05, 0) is 51.4 Å². The molecule has 17 atom stereocenters. The molecular weight excluding hydrogens is 879 g/mol. The molecule has 0 bridgehead atoms. The molecule has 388 valence electrons. The third-order valence-electron chi connectivity index (χ3n) is 12.2. The van der Waals surface area contributed by atoms with Gasteiger partial charge >= 0.3 is 0 Å². The van der Waals surface area contributed by atoms with Crippen molar-refractivity contribution in [3.8, 4) is 0 Å². The summed E-state index contributed by atoms with van der Waals surface area (Å²) in [7, 11) is 0. The van der Waals surface area contributed by atoms with Crippen LogP contribution < -0.4 is 5.32 Å². The van der Waals surface area contributed by atoms with Crippen LogP contribution in [0, 0.1) is 0 Å². The Hall–Kier alpha value is -2.25. The Kier molecular flexibility index (Phi) is 29.4. The van der Waals surface area contributed by atoms with E-state index in [1.54, 1.807) is 0 Å². The molecule has 3 fully saturated rings. The van der Waals surface area contributed by atoms with Crippen LogP contribution in [-0.2, 0) is 33.2 Å². The SMILES string of the molecule is CC/C=C\C/C=C\C/C=C\C/C=C\CCCCC(=O)NC(COC1OC(CO)C(OC2OC(CO)C(OC3OC(CO)C(O)C(O)C3O)C(O)C2O)C(O)C1O)C(O)CCCCCCCCC. The fourth-order valence-electron chi connectivity index (χ4n) is 8.06. The van der Waals surface area contributed by atoms with Crippen molar-refractivity contribution in [3.05, 3.63) is 48.6 Å². The second kappa shape index (κ2) is 33.4. The van der Waals surface area contributed by atoms with Crippen LogP contribution in [0.1, 0.15) is 117 Å². The van der Waals surface area contributed by atoms with E-state index in [1.807, 2.05) is 0 Å². The van der Waals surface area contributed by atoms with Crippen molar-refractivity contribution in [2.75, 3.05) is 26.4 Å². The van der Waals surface area contributed by atoms with Crippen molar-refractivity contribution in [2.24, 2.45) is 0 Å². The van der Waals surface area contributed by atoms with Crippen molar-refractivity contribution in [2.45, 2.75) is 221 Å². The largest absolute Gasteiger partial charge is 0.394 e. The zero-order chi connectivity index (χ0) is 49.1. The summed E-state index contributed by atoms with van der Waals surface area (Å²) in [5.41, 5.74) is 0. The number of hydrogen-bond acceptors (Lipinski definition) is 18. The number of amides is 1. The first kappa shape index (κ1) is 59.1. The maximum atomic E-state index is 13.1. The van der Waals surface area contributed by atoms with Gasteiger partial charge in [-0.3, -0.25) is 4.79 Å². The lowest BCUT2D eigenvalue weighted by molar-refractivity contribution is -0.379. The van der Waals surface area contributed by atoms with Gasteiger partial charge < -0.3 is 89.9 Å². The molecule has 19 nitrogen and oxygen atoms in total. The predicted octanol–water partition coefficient (Wildman–Crippen LogP) is 0.803. The summed E-state index contributed by atoms with van der Waals surface area (Å²) in [6.45, 7) is 1.52. The molecule has 3 aliphatic heterocycles. The zero-order valence-corrected chi connectivity index (χ0v) is 39.4. The van der Waals surface area contributed by atoms with Gasteiger partial charge in [-0.2, -0.15) is 0 Å². The number of carbonyl (C=O) groups is 1. The molecule has 3 aliphatic rings. The number of carbonyl (C=O) groups excluding carboxylic acids is 1. The lowest BCUT2D eigenvalue weighted by atomic mass is 9.96. The van der Waals surface area contributed by atoms with Crippen LogP contribution in [0.4, 0.5) is 0 Å². The summed E-state index contributed by atoms with van der Waals surface area (Å²) < 4.78 is 34.0. The van der Waals surface area contributed by atoms with E-state index in [9.17, 15) is 61.0 Å². The van der Waals surface area contributed by atoms with Crippen LogP contribution in [-0.4, -0.2) is 193 Å². The van der Waals surface area contributed by atoms with E-state index >= 15 is 0 Å². The number of aliphatic hydroxyl groups excluding tert-OH is 11. The first-order chi connectivity index (χ1) is 32.3. The molecule has 0 saturated carbocycles. The van der Waals surface area contributed by atoms with Gasteiger partial charge in [0.05, 0.1) is 38.6 Å². The smallest absolute Gasteiger partial charge is 0.220 e. The van der Waals surface area contributed by atoms with Gasteiger partial charge in [-0.15, -0.1) is 0 Å². The second-order valence-corrected chi connectivity index (χ2v) is 17.5.